The Kier molecular flexibility index (Phi) is 3.24. The van der Waals surface area contributed by atoms with E-state index in [1.54, 1.807) is 8.87 Å². The van der Waals surface area contributed by atoms with Gasteiger partial charge in [0.1, 0.15) is 0 Å². The molecule has 0 saturated heterocycles. The van der Waals surface area contributed by atoms with Crippen molar-refractivity contribution in [3.63, 3.8) is 0 Å². The second-order valence-corrected chi connectivity index (χ2v) is 5.28. The molecule has 0 amide bonds. The molecule has 0 aromatic carbocycles. The van der Waals surface area contributed by atoms with Crippen LogP contribution in [0.3, 0.4) is 0 Å². The van der Waals surface area contributed by atoms with Crippen molar-refractivity contribution in [2.75, 3.05) is 0 Å². The maximum atomic E-state index is 2.33. The van der Waals surface area contributed by atoms with Gasteiger partial charge in [0, 0.05) is 0 Å². The van der Waals surface area contributed by atoms with Crippen LogP contribution in [-0.2, 0) is 15.2 Å². The molecule has 0 aliphatic heterocycles. The van der Waals surface area contributed by atoms with E-state index in [1.165, 1.54) is 25.7 Å². The summed E-state index contributed by atoms with van der Waals surface area (Å²) < 4.78 is 3.30. The fourth-order valence-corrected chi connectivity index (χ4v) is 3.15. The molecule has 2 aliphatic rings. The molecule has 0 heterocycles. The van der Waals surface area contributed by atoms with Crippen molar-refractivity contribution in [2.24, 2.45) is 0 Å². The van der Waals surface area contributed by atoms with Crippen LogP contribution in [0, 0.1) is 0 Å². The predicted octanol–water partition coefficient (Wildman–Crippen LogP) is 3.54. The Labute approximate surface area is 86.4 Å². The third-order valence-electron chi connectivity index (χ3n) is 2.21. The summed E-state index contributed by atoms with van der Waals surface area (Å²) in [7, 11) is 0. The first-order chi connectivity index (χ1) is 6.45. The van der Waals surface area contributed by atoms with Gasteiger partial charge in [0.25, 0.3) is 0 Å². The quantitative estimate of drug-likeness (QED) is 0.654. The van der Waals surface area contributed by atoms with Gasteiger partial charge in [-0.05, 0) is 0 Å². The summed E-state index contributed by atoms with van der Waals surface area (Å²) in [6, 6.07) is 0. The van der Waals surface area contributed by atoms with E-state index in [4.69, 9.17) is 0 Å². The van der Waals surface area contributed by atoms with Crippen molar-refractivity contribution in [1.29, 1.82) is 0 Å². The molecule has 0 saturated carbocycles. The first-order valence-corrected chi connectivity index (χ1v) is 6.12. The van der Waals surface area contributed by atoms with Gasteiger partial charge < -0.3 is 0 Å². The van der Waals surface area contributed by atoms with E-state index in [0.717, 1.165) is 0 Å². The van der Waals surface area contributed by atoms with Crippen LogP contribution in [0.2, 0.25) is 0 Å². The van der Waals surface area contributed by atoms with Gasteiger partial charge in [0.05, 0.1) is 0 Å². The molecule has 13 heavy (non-hydrogen) atoms. The van der Waals surface area contributed by atoms with Gasteiger partial charge in [-0.2, -0.15) is 0 Å². The summed E-state index contributed by atoms with van der Waals surface area (Å²) >= 11 is 0.623. The van der Waals surface area contributed by atoms with Gasteiger partial charge in [-0.15, -0.1) is 0 Å². The van der Waals surface area contributed by atoms with Gasteiger partial charge in [-0.25, -0.2) is 0 Å². The molecule has 0 atom stereocenters. The molecule has 0 bridgehead atoms. The molecule has 0 nitrogen and oxygen atoms in total. The Morgan fingerprint density at radius 2 is 1.85 bits per heavy atom. The average Bonchev–Trinajstić information content (AvgIpc) is 2.49. The van der Waals surface area contributed by atoms with Crippen molar-refractivity contribution in [3.8, 4) is 0 Å². The first kappa shape index (κ1) is 9.06. The standard InChI is InChI=1S/C7H9.C5H5.Cr/c1-2-4-6-7-5-3-1;1-2-4-5-3-1;/h1-3H,4,6-7H2;1-3H,4H2;. The van der Waals surface area contributed by atoms with Gasteiger partial charge >= 0.3 is 86.2 Å². The van der Waals surface area contributed by atoms with Crippen LogP contribution in [0.15, 0.2) is 45.3 Å². The number of allylic oxidation sites excluding steroid dienone is 8. The van der Waals surface area contributed by atoms with Crippen molar-refractivity contribution >= 4 is 0 Å². The zero-order chi connectivity index (χ0) is 8.93. The summed E-state index contributed by atoms with van der Waals surface area (Å²) in [6.45, 7) is 0. The van der Waals surface area contributed by atoms with E-state index in [0.29, 0.717) is 15.2 Å². The SMILES string of the molecule is C1=CCCC[C]([Cr][C]2=CC=CC2)=C1. The van der Waals surface area contributed by atoms with Crippen molar-refractivity contribution in [1.82, 2.24) is 0 Å². The molecular formula is C12H14Cr. The minimum absolute atomic E-state index is 0.623. The molecule has 0 unspecified atom stereocenters. The minimum atomic E-state index is 0.623. The van der Waals surface area contributed by atoms with E-state index in [2.05, 4.69) is 36.5 Å². The fraction of sp³-hybridized carbons (Fsp3) is 0.333. The second-order valence-electron chi connectivity index (χ2n) is 3.32. The fourth-order valence-electron chi connectivity index (χ4n) is 1.51. The zero-order valence-corrected chi connectivity index (χ0v) is 8.98. The molecule has 0 N–H and O–H groups in total. The van der Waals surface area contributed by atoms with Crippen LogP contribution in [0.4, 0.5) is 0 Å². The molecule has 1 heteroatoms. The number of hydrogen-bond donors (Lipinski definition) is 0. The Hall–Kier alpha value is -0.508. The van der Waals surface area contributed by atoms with E-state index in [9.17, 15) is 0 Å². The van der Waals surface area contributed by atoms with Crippen molar-refractivity contribution in [3.05, 3.63) is 45.3 Å². The molecule has 0 radical (unpaired) electrons. The number of hydrogen-bond acceptors (Lipinski definition) is 0. The monoisotopic (exact) mass is 210 g/mol. The predicted molar refractivity (Wildman–Crippen MR) is 52.9 cm³/mol. The van der Waals surface area contributed by atoms with Crippen LogP contribution in [0.5, 0.6) is 0 Å². The Morgan fingerprint density at radius 1 is 1.00 bits per heavy atom. The van der Waals surface area contributed by atoms with E-state index < -0.39 is 0 Å². The molecule has 0 aromatic rings. The van der Waals surface area contributed by atoms with Crippen LogP contribution in [0.25, 0.3) is 0 Å². The summed E-state index contributed by atoms with van der Waals surface area (Å²) in [5, 5.41) is 0. The van der Waals surface area contributed by atoms with E-state index >= 15 is 0 Å². The van der Waals surface area contributed by atoms with Gasteiger partial charge in [0.15, 0.2) is 0 Å². The molecule has 68 valence electrons. The topological polar surface area (TPSA) is 0 Å². The maximum absolute atomic E-state index is 2.33. The molecule has 0 fully saturated rings. The summed E-state index contributed by atoms with van der Waals surface area (Å²) in [5.41, 5.74) is 0. The molecule has 0 spiro atoms. The third-order valence-corrected chi connectivity index (χ3v) is 4.03. The van der Waals surface area contributed by atoms with Crippen LogP contribution in [0.1, 0.15) is 25.7 Å². The Bertz CT molecular complexity index is 292. The Balaban J connectivity index is 1.93. The van der Waals surface area contributed by atoms with Crippen molar-refractivity contribution in [2.45, 2.75) is 25.7 Å². The normalized spacial score (nSPS) is 21.2. The molecule has 2 rings (SSSR count). The first-order valence-electron chi connectivity index (χ1n) is 4.84. The van der Waals surface area contributed by atoms with Crippen molar-refractivity contribution < 1.29 is 15.2 Å². The van der Waals surface area contributed by atoms with Crippen LogP contribution >= 0.6 is 0 Å². The van der Waals surface area contributed by atoms with Gasteiger partial charge in [0.2, 0.25) is 0 Å². The van der Waals surface area contributed by atoms with Crippen LogP contribution in [-0.4, -0.2) is 0 Å². The van der Waals surface area contributed by atoms with Gasteiger partial charge in [-0.3, -0.25) is 0 Å². The number of rotatable bonds is 2. The summed E-state index contributed by atoms with van der Waals surface area (Å²) in [4.78, 5) is 0. The molecule has 0 aromatic heterocycles. The second kappa shape index (κ2) is 4.65. The van der Waals surface area contributed by atoms with E-state index in [-0.39, 0.29) is 0 Å². The third kappa shape index (κ3) is 2.73. The zero-order valence-electron chi connectivity index (χ0n) is 7.70. The molecule has 2 aliphatic carbocycles. The summed E-state index contributed by atoms with van der Waals surface area (Å²) in [5.74, 6) is 0. The molecular weight excluding hydrogens is 196 g/mol. The Morgan fingerprint density at radius 3 is 2.69 bits per heavy atom. The summed E-state index contributed by atoms with van der Waals surface area (Å²) in [6.07, 6.45) is 18.7. The van der Waals surface area contributed by atoms with E-state index in [1.807, 2.05) is 0 Å². The average molecular weight is 210 g/mol. The van der Waals surface area contributed by atoms with Gasteiger partial charge in [-0.1, -0.05) is 0 Å². The van der Waals surface area contributed by atoms with Crippen LogP contribution < -0.4 is 0 Å².